The smallest absolute Gasteiger partial charge is 0.281 e. The third-order valence-electron chi connectivity index (χ3n) is 3.98. The van der Waals surface area contributed by atoms with Crippen LogP contribution < -0.4 is 5.32 Å². The molecule has 20 heavy (non-hydrogen) atoms. The number of nitrogens with zero attached hydrogens (tertiary/aromatic N) is 2. The van der Waals surface area contributed by atoms with E-state index >= 15 is 0 Å². The Morgan fingerprint density at radius 3 is 2.30 bits per heavy atom. The van der Waals surface area contributed by atoms with E-state index in [0.717, 1.165) is 13.0 Å². The van der Waals surface area contributed by atoms with E-state index in [1.54, 1.807) is 14.1 Å². The second kappa shape index (κ2) is 8.32. The van der Waals surface area contributed by atoms with Crippen LogP contribution in [0.4, 0.5) is 0 Å². The molecule has 1 aliphatic rings. The minimum Gasteiger partial charge on any atom is -0.314 e. The highest BCUT2D eigenvalue weighted by atomic mass is 32.2. The Kier molecular flexibility index (Phi) is 7.43. The predicted molar refractivity (Wildman–Crippen MR) is 83.9 cm³/mol. The first-order valence-electron chi connectivity index (χ1n) is 7.75. The lowest BCUT2D eigenvalue weighted by molar-refractivity contribution is 0.347. The molecule has 0 spiro atoms. The van der Waals surface area contributed by atoms with E-state index in [9.17, 15) is 8.42 Å². The third kappa shape index (κ3) is 5.68. The van der Waals surface area contributed by atoms with Crippen molar-refractivity contribution < 1.29 is 8.42 Å². The molecular formula is C14H31N3O2S. The van der Waals surface area contributed by atoms with Gasteiger partial charge in [-0.15, -0.1) is 0 Å². The van der Waals surface area contributed by atoms with Crippen molar-refractivity contribution in [2.45, 2.75) is 52.0 Å². The van der Waals surface area contributed by atoms with Crippen molar-refractivity contribution >= 4 is 10.2 Å². The Labute approximate surface area is 124 Å². The second-order valence-electron chi connectivity index (χ2n) is 6.22. The first-order chi connectivity index (χ1) is 9.34. The molecular weight excluding hydrogens is 274 g/mol. The van der Waals surface area contributed by atoms with Crippen LogP contribution >= 0.6 is 0 Å². The van der Waals surface area contributed by atoms with E-state index in [-0.39, 0.29) is 0 Å². The average Bonchev–Trinajstić information content (AvgIpc) is 2.86. The first-order valence-corrected chi connectivity index (χ1v) is 9.14. The molecule has 1 aliphatic carbocycles. The average molecular weight is 305 g/mol. The lowest BCUT2D eigenvalue weighted by Crippen LogP contribution is -2.42. The van der Waals surface area contributed by atoms with Gasteiger partial charge in [-0.05, 0) is 31.7 Å². The number of rotatable bonds is 9. The van der Waals surface area contributed by atoms with Gasteiger partial charge in [0.1, 0.15) is 0 Å². The van der Waals surface area contributed by atoms with E-state index in [4.69, 9.17) is 0 Å². The summed E-state index contributed by atoms with van der Waals surface area (Å²) in [7, 11) is 0.0930. The normalized spacial score (nSPS) is 17.8. The van der Waals surface area contributed by atoms with Gasteiger partial charge in [0, 0.05) is 33.2 Å². The summed E-state index contributed by atoms with van der Waals surface area (Å²) in [6, 6.07) is 0.446. The van der Waals surface area contributed by atoms with Crippen molar-refractivity contribution in [3.8, 4) is 0 Å². The van der Waals surface area contributed by atoms with Gasteiger partial charge < -0.3 is 5.32 Å². The lowest BCUT2D eigenvalue weighted by atomic mass is 10.1. The molecule has 0 heterocycles. The summed E-state index contributed by atoms with van der Waals surface area (Å²) < 4.78 is 27.8. The van der Waals surface area contributed by atoms with Crippen molar-refractivity contribution in [3.05, 3.63) is 0 Å². The van der Waals surface area contributed by atoms with E-state index in [0.29, 0.717) is 25.0 Å². The molecule has 0 bridgehead atoms. The van der Waals surface area contributed by atoms with Gasteiger partial charge >= 0.3 is 0 Å². The van der Waals surface area contributed by atoms with E-state index < -0.39 is 10.2 Å². The molecule has 1 fully saturated rings. The Balaban J connectivity index is 2.36. The molecule has 0 atom stereocenters. The maximum Gasteiger partial charge on any atom is 0.281 e. The molecule has 0 aromatic heterocycles. The van der Waals surface area contributed by atoms with Crippen molar-refractivity contribution in [3.63, 3.8) is 0 Å². The fraction of sp³-hybridized carbons (Fsp3) is 1.00. The lowest BCUT2D eigenvalue weighted by Gasteiger charge is -2.26. The van der Waals surface area contributed by atoms with Crippen LogP contribution in [0.5, 0.6) is 0 Å². The Morgan fingerprint density at radius 1 is 1.15 bits per heavy atom. The van der Waals surface area contributed by atoms with Gasteiger partial charge in [0.25, 0.3) is 10.2 Å². The van der Waals surface area contributed by atoms with Gasteiger partial charge in [-0.1, -0.05) is 26.7 Å². The predicted octanol–water partition coefficient (Wildman–Crippen LogP) is 1.67. The van der Waals surface area contributed by atoms with Gasteiger partial charge in [-0.25, -0.2) is 0 Å². The molecule has 6 heteroatoms. The molecule has 0 amide bonds. The first kappa shape index (κ1) is 17.9. The molecule has 1 rings (SSSR count). The highest BCUT2D eigenvalue weighted by Crippen LogP contribution is 2.26. The highest BCUT2D eigenvalue weighted by Gasteiger charge is 2.26. The summed E-state index contributed by atoms with van der Waals surface area (Å²) in [6.45, 7) is 6.27. The van der Waals surface area contributed by atoms with Crippen molar-refractivity contribution in [1.29, 1.82) is 0 Å². The van der Waals surface area contributed by atoms with Gasteiger partial charge in [0.15, 0.2) is 0 Å². The van der Waals surface area contributed by atoms with Crippen LogP contribution in [0.3, 0.4) is 0 Å². The van der Waals surface area contributed by atoms with Gasteiger partial charge in [-0.3, -0.25) is 0 Å². The molecule has 0 saturated heterocycles. The fourth-order valence-electron chi connectivity index (χ4n) is 2.70. The van der Waals surface area contributed by atoms with Crippen LogP contribution in [-0.2, 0) is 10.2 Å². The van der Waals surface area contributed by atoms with Crippen LogP contribution in [0.15, 0.2) is 0 Å². The van der Waals surface area contributed by atoms with Crippen LogP contribution in [-0.4, -0.2) is 56.8 Å². The fourth-order valence-corrected chi connectivity index (χ4v) is 3.93. The van der Waals surface area contributed by atoms with Crippen molar-refractivity contribution in [2.24, 2.45) is 5.92 Å². The molecule has 0 aliphatic heterocycles. The molecule has 0 radical (unpaired) electrons. The van der Waals surface area contributed by atoms with Crippen LogP contribution in [0, 0.1) is 5.92 Å². The molecule has 1 N–H and O–H groups in total. The zero-order valence-corrected chi connectivity index (χ0v) is 14.2. The van der Waals surface area contributed by atoms with Crippen molar-refractivity contribution in [2.75, 3.05) is 33.7 Å². The van der Waals surface area contributed by atoms with Gasteiger partial charge in [0.2, 0.25) is 0 Å². The Morgan fingerprint density at radius 2 is 1.75 bits per heavy atom. The summed E-state index contributed by atoms with van der Waals surface area (Å²) in [5.41, 5.74) is 0. The summed E-state index contributed by atoms with van der Waals surface area (Å²) in [4.78, 5) is 0. The zero-order valence-electron chi connectivity index (χ0n) is 13.4. The maximum absolute atomic E-state index is 12.4. The minimum absolute atomic E-state index is 0.446. The maximum atomic E-state index is 12.4. The number of nitrogens with one attached hydrogen (secondary N) is 1. The van der Waals surface area contributed by atoms with E-state index in [1.807, 2.05) is 0 Å². The van der Waals surface area contributed by atoms with E-state index in [1.165, 1.54) is 34.3 Å². The van der Waals surface area contributed by atoms with Crippen LogP contribution in [0.2, 0.25) is 0 Å². The van der Waals surface area contributed by atoms with Gasteiger partial charge in [0.05, 0.1) is 0 Å². The molecule has 0 aromatic rings. The SMILES string of the molecule is CC(C)NCCCN(C)S(=O)(=O)N(C)CC1CCCC1. The highest BCUT2D eigenvalue weighted by molar-refractivity contribution is 7.86. The molecule has 0 aromatic carbocycles. The number of hydrogen-bond acceptors (Lipinski definition) is 3. The van der Waals surface area contributed by atoms with Crippen LogP contribution in [0.25, 0.3) is 0 Å². The molecule has 1 saturated carbocycles. The summed E-state index contributed by atoms with van der Waals surface area (Å²) in [6.07, 6.45) is 5.67. The molecule has 120 valence electrons. The topological polar surface area (TPSA) is 52.7 Å². The van der Waals surface area contributed by atoms with Crippen LogP contribution in [0.1, 0.15) is 46.0 Å². The zero-order chi connectivity index (χ0) is 15.2. The largest absolute Gasteiger partial charge is 0.314 e. The monoisotopic (exact) mass is 305 g/mol. The molecule has 5 nitrogen and oxygen atoms in total. The third-order valence-corrected chi connectivity index (χ3v) is 5.89. The number of hydrogen-bond donors (Lipinski definition) is 1. The second-order valence-corrected chi connectivity index (χ2v) is 8.37. The minimum atomic E-state index is -3.29. The summed E-state index contributed by atoms with van der Waals surface area (Å²) >= 11 is 0. The van der Waals surface area contributed by atoms with Crippen molar-refractivity contribution in [1.82, 2.24) is 13.9 Å². The Hall–Kier alpha value is -0.170. The van der Waals surface area contributed by atoms with E-state index in [2.05, 4.69) is 19.2 Å². The quantitative estimate of drug-likeness (QED) is 0.659. The standard InChI is InChI=1S/C14H31N3O2S/c1-13(2)15-10-7-11-16(3)20(18,19)17(4)12-14-8-5-6-9-14/h13-15H,5-12H2,1-4H3. The molecule has 0 unspecified atom stereocenters. The Bertz CT molecular complexity index is 365. The van der Waals surface area contributed by atoms with Gasteiger partial charge in [-0.2, -0.15) is 17.0 Å². The summed E-state index contributed by atoms with van der Waals surface area (Å²) in [5.74, 6) is 0.547. The summed E-state index contributed by atoms with van der Waals surface area (Å²) in [5, 5.41) is 3.31.